The molecule has 0 saturated heterocycles. The van der Waals surface area contributed by atoms with Crippen molar-refractivity contribution in [3.63, 3.8) is 0 Å². The van der Waals surface area contributed by atoms with Gasteiger partial charge < -0.3 is 4.42 Å². The number of aryl methyl sites for hydroxylation is 2. The molecule has 0 atom stereocenters. The van der Waals surface area contributed by atoms with E-state index in [-0.39, 0.29) is 5.28 Å². The minimum Gasteiger partial charge on any atom is -0.454 e. The molecule has 0 bridgehead atoms. The van der Waals surface area contributed by atoms with Crippen molar-refractivity contribution in [2.75, 3.05) is 0 Å². The normalized spacial score (nSPS) is 11.1. The maximum Gasteiger partial charge on any atom is 0.223 e. The van der Waals surface area contributed by atoms with Crippen LogP contribution in [0.15, 0.2) is 34.9 Å². The van der Waals surface area contributed by atoms with E-state index in [1.165, 1.54) is 5.56 Å². The van der Waals surface area contributed by atoms with Crippen molar-refractivity contribution >= 4 is 22.6 Å². The van der Waals surface area contributed by atoms with Crippen LogP contribution in [0.25, 0.3) is 22.4 Å². The van der Waals surface area contributed by atoms with E-state index in [9.17, 15) is 0 Å². The average molecular weight is 259 g/mol. The van der Waals surface area contributed by atoms with Crippen LogP contribution in [-0.2, 0) is 0 Å². The Kier molecular flexibility index (Phi) is 2.56. The maximum atomic E-state index is 5.83. The lowest BCUT2D eigenvalue weighted by molar-refractivity contribution is 0.627. The highest BCUT2D eigenvalue weighted by atomic mass is 35.5. The van der Waals surface area contributed by atoms with Gasteiger partial charge in [-0.05, 0) is 49.2 Å². The number of halogens is 1. The van der Waals surface area contributed by atoms with Gasteiger partial charge in [0.2, 0.25) is 5.28 Å². The Hall–Kier alpha value is -1.87. The quantitative estimate of drug-likeness (QED) is 0.615. The third-order valence-corrected chi connectivity index (χ3v) is 3.03. The van der Waals surface area contributed by atoms with Crippen molar-refractivity contribution in [3.05, 3.63) is 46.9 Å². The molecule has 0 radical (unpaired) electrons. The van der Waals surface area contributed by atoms with Crippen molar-refractivity contribution in [1.82, 2.24) is 9.97 Å². The average Bonchev–Trinajstić information content (AvgIpc) is 2.74. The first-order chi connectivity index (χ1) is 8.63. The van der Waals surface area contributed by atoms with E-state index < -0.39 is 0 Å². The van der Waals surface area contributed by atoms with Crippen LogP contribution in [0.1, 0.15) is 11.1 Å². The number of rotatable bonds is 1. The number of nitrogens with zero attached hydrogens (tertiary/aromatic N) is 2. The maximum absolute atomic E-state index is 5.83. The fourth-order valence-corrected chi connectivity index (χ4v) is 2.08. The summed E-state index contributed by atoms with van der Waals surface area (Å²) in [5.74, 6) is 0.720. The number of aromatic nitrogens is 2. The van der Waals surface area contributed by atoms with Gasteiger partial charge >= 0.3 is 0 Å². The summed E-state index contributed by atoms with van der Waals surface area (Å²) in [6.45, 7) is 3.99. The summed E-state index contributed by atoms with van der Waals surface area (Å²) >= 11 is 5.83. The fraction of sp³-hybridized carbons (Fsp3) is 0.143. The molecule has 3 nitrogen and oxygen atoms in total. The molecule has 0 aliphatic rings. The van der Waals surface area contributed by atoms with Gasteiger partial charge in [-0.3, -0.25) is 0 Å². The van der Waals surface area contributed by atoms with E-state index in [1.807, 2.05) is 25.1 Å². The summed E-state index contributed by atoms with van der Waals surface area (Å²) in [7, 11) is 0. The third kappa shape index (κ3) is 1.87. The van der Waals surface area contributed by atoms with Crippen LogP contribution < -0.4 is 0 Å². The van der Waals surface area contributed by atoms with E-state index in [0.717, 1.165) is 28.0 Å². The number of fused-ring (bicyclic) bond motifs is 1. The van der Waals surface area contributed by atoms with Gasteiger partial charge in [0.25, 0.3) is 0 Å². The van der Waals surface area contributed by atoms with Crippen molar-refractivity contribution in [3.8, 4) is 11.5 Å². The van der Waals surface area contributed by atoms with E-state index in [0.29, 0.717) is 0 Å². The molecule has 2 heterocycles. The summed E-state index contributed by atoms with van der Waals surface area (Å²) in [5.41, 5.74) is 3.73. The highest BCUT2D eigenvalue weighted by Crippen LogP contribution is 2.29. The molecule has 4 heteroatoms. The van der Waals surface area contributed by atoms with Gasteiger partial charge in [0.05, 0.1) is 0 Å². The molecule has 0 saturated carbocycles. The van der Waals surface area contributed by atoms with Crippen LogP contribution in [0.4, 0.5) is 0 Å². The number of benzene rings is 1. The van der Waals surface area contributed by atoms with Crippen LogP contribution in [-0.4, -0.2) is 9.97 Å². The molecule has 3 aromatic rings. The Bertz CT molecular complexity index is 734. The first-order valence-corrected chi connectivity index (χ1v) is 6.01. The Balaban J connectivity index is 2.22. The zero-order valence-corrected chi connectivity index (χ0v) is 10.8. The van der Waals surface area contributed by atoms with Gasteiger partial charge in [-0.1, -0.05) is 11.6 Å². The van der Waals surface area contributed by atoms with Crippen molar-refractivity contribution in [1.29, 1.82) is 0 Å². The van der Waals surface area contributed by atoms with Crippen molar-refractivity contribution in [2.45, 2.75) is 13.8 Å². The molecule has 0 aliphatic carbocycles. The fourth-order valence-electron chi connectivity index (χ4n) is 1.95. The topological polar surface area (TPSA) is 38.9 Å². The summed E-state index contributed by atoms with van der Waals surface area (Å²) < 4.78 is 5.80. The van der Waals surface area contributed by atoms with Gasteiger partial charge in [0.15, 0.2) is 5.76 Å². The van der Waals surface area contributed by atoms with Crippen LogP contribution >= 0.6 is 11.6 Å². The second kappa shape index (κ2) is 4.10. The molecule has 0 N–H and O–H groups in total. The van der Waals surface area contributed by atoms with Crippen LogP contribution in [0.3, 0.4) is 0 Å². The van der Waals surface area contributed by atoms with Crippen molar-refractivity contribution < 1.29 is 4.42 Å². The first kappa shape index (κ1) is 11.2. The molecule has 90 valence electrons. The highest BCUT2D eigenvalue weighted by molar-refractivity contribution is 6.28. The lowest BCUT2D eigenvalue weighted by Gasteiger charge is -2.00. The molecule has 0 spiro atoms. The Morgan fingerprint density at radius 1 is 1.17 bits per heavy atom. The van der Waals surface area contributed by atoms with Gasteiger partial charge in [-0.25, -0.2) is 9.97 Å². The third-order valence-electron chi connectivity index (χ3n) is 2.85. The predicted octanol–water partition coefficient (Wildman–Crippen LogP) is 4.16. The standard InChI is InChI=1S/C14H11ClN2O/c1-8-3-4-11-10(5-8)6-12(18-11)13-9(2)7-16-14(15)17-13/h3-7H,1-2H3. The summed E-state index contributed by atoms with van der Waals surface area (Å²) in [6, 6.07) is 8.05. The summed E-state index contributed by atoms with van der Waals surface area (Å²) in [6.07, 6.45) is 1.70. The van der Waals surface area contributed by atoms with Gasteiger partial charge in [0, 0.05) is 11.6 Å². The van der Waals surface area contributed by atoms with Gasteiger partial charge in [-0.2, -0.15) is 0 Å². The summed E-state index contributed by atoms with van der Waals surface area (Å²) in [4.78, 5) is 8.17. The predicted molar refractivity (Wildman–Crippen MR) is 71.7 cm³/mol. The summed E-state index contributed by atoms with van der Waals surface area (Å²) in [5, 5.41) is 1.30. The molecular weight excluding hydrogens is 248 g/mol. The lowest BCUT2D eigenvalue weighted by atomic mass is 10.1. The van der Waals surface area contributed by atoms with E-state index in [1.54, 1.807) is 6.20 Å². The Morgan fingerprint density at radius 3 is 2.83 bits per heavy atom. The Morgan fingerprint density at radius 2 is 2.00 bits per heavy atom. The largest absolute Gasteiger partial charge is 0.454 e. The van der Waals surface area contributed by atoms with Crippen LogP contribution in [0.5, 0.6) is 0 Å². The monoisotopic (exact) mass is 258 g/mol. The number of furan rings is 1. The van der Waals surface area contributed by atoms with E-state index in [4.69, 9.17) is 16.0 Å². The molecule has 2 aromatic heterocycles. The molecular formula is C14H11ClN2O. The zero-order valence-electron chi connectivity index (χ0n) is 10.1. The molecule has 1 aromatic carbocycles. The minimum atomic E-state index is 0.229. The lowest BCUT2D eigenvalue weighted by Crippen LogP contribution is -1.89. The molecule has 18 heavy (non-hydrogen) atoms. The van der Waals surface area contributed by atoms with Gasteiger partial charge in [0.1, 0.15) is 11.3 Å². The molecule has 0 unspecified atom stereocenters. The number of hydrogen-bond donors (Lipinski definition) is 0. The van der Waals surface area contributed by atoms with Crippen LogP contribution in [0, 0.1) is 13.8 Å². The Labute approximate surface area is 109 Å². The number of hydrogen-bond acceptors (Lipinski definition) is 3. The molecule has 3 rings (SSSR count). The molecule has 0 aliphatic heterocycles. The van der Waals surface area contributed by atoms with Crippen molar-refractivity contribution in [2.24, 2.45) is 0 Å². The van der Waals surface area contributed by atoms with E-state index >= 15 is 0 Å². The minimum absolute atomic E-state index is 0.229. The molecule has 0 fully saturated rings. The SMILES string of the molecule is Cc1ccc2oc(-c3nc(Cl)ncc3C)cc2c1. The van der Waals surface area contributed by atoms with Gasteiger partial charge in [-0.15, -0.1) is 0 Å². The smallest absolute Gasteiger partial charge is 0.223 e. The zero-order chi connectivity index (χ0) is 12.7. The second-order valence-electron chi connectivity index (χ2n) is 4.32. The highest BCUT2D eigenvalue weighted by Gasteiger charge is 2.11. The molecule has 0 amide bonds. The van der Waals surface area contributed by atoms with Crippen LogP contribution in [0.2, 0.25) is 5.28 Å². The van der Waals surface area contributed by atoms with E-state index in [2.05, 4.69) is 23.0 Å². The second-order valence-corrected chi connectivity index (χ2v) is 4.66. The first-order valence-electron chi connectivity index (χ1n) is 5.63.